The number of fused-ring (bicyclic) bond motifs is 1. The summed E-state index contributed by atoms with van der Waals surface area (Å²) in [5.74, 6) is 0. The van der Waals surface area contributed by atoms with Crippen molar-refractivity contribution in [3.05, 3.63) is 41.0 Å². The Hall–Kier alpha value is -1.04. The lowest BCUT2D eigenvalue weighted by molar-refractivity contribution is 1.13. The van der Waals surface area contributed by atoms with Gasteiger partial charge >= 0.3 is 0 Å². The Kier molecular flexibility index (Phi) is 1.35. The van der Waals surface area contributed by atoms with Crippen molar-refractivity contribution in [2.45, 2.75) is 20.3 Å². The molecule has 0 saturated carbocycles. The quantitative estimate of drug-likeness (QED) is 0.525. The van der Waals surface area contributed by atoms with Crippen LogP contribution < -0.4 is 0 Å². The fourth-order valence-corrected chi connectivity index (χ4v) is 1.59. The van der Waals surface area contributed by atoms with Crippen LogP contribution >= 0.6 is 0 Å². The Bertz CT molecular complexity index is 315. The van der Waals surface area contributed by atoms with E-state index in [2.05, 4.69) is 38.1 Å². The van der Waals surface area contributed by atoms with Gasteiger partial charge in [-0.1, -0.05) is 29.8 Å². The van der Waals surface area contributed by atoms with Gasteiger partial charge in [-0.25, -0.2) is 0 Å². The third kappa shape index (κ3) is 0.900. The third-order valence-electron chi connectivity index (χ3n) is 2.31. The van der Waals surface area contributed by atoms with E-state index in [-0.39, 0.29) is 0 Å². The van der Waals surface area contributed by atoms with E-state index in [0.717, 1.165) is 0 Å². The minimum absolute atomic E-state index is 1.18. The van der Waals surface area contributed by atoms with Gasteiger partial charge in [-0.2, -0.15) is 0 Å². The second-order valence-electron chi connectivity index (χ2n) is 3.31. The first-order valence-corrected chi connectivity index (χ1v) is 4.03. The summed E-state index contributed by atoms with van der Waals surface area (Å²) >= 11 is 0. The van der Waals surface area contributed by atoms with Crippen molar-refractivity contribution < 1.29 is 0 Å². The molecule has 0 fully saturated rings. The maximum atomic E-state index is 2.21. The van der Waals surface area contributed by atoms with Gasteiger partial charge in [0.05, 0.1) is 0 Å². The van der Waals surface area contributed by atoms with E-state index in [1.165, 1.54) is 23.1 Å². The van der Waals surface area contributed by atoms with Crippen LogP contribution in [0, 0.1) is 0 Å². The van der Waals surface area contributed by atoms with Gasteiger partial charge in [0.15, 0.2) is 0 Å². The normalized spacial score (nSPS) is 13.8. The largest absolute Gasteiger partial charge is 0.0723 e. The zero-order valence-electron chi connectivity index (χ0n) is 7.02. The Morgan fingerprint density at radius 3 is 2.55 bits per heavy atom. The highest BCUT2D eigenvalue weighted by atomic mass is 14.2. The SMILES string of the molecule is CC(C)=C1Cc2ccccc21. The van der Waals surface area contributed by atoms with Crippen LogP contribution in [0.3, 0.4) is 0 Å². The first-order chi connectivity index (χ1) is 5.29. The molecule has 1 aromatic carbocycles. The molecule has 56 valence electrons. The van der Waals surface area contributed by atoms with Crippen LogP contribution in [0.25, 0.3) is 5.57 Å². The number of allylic oxidation sites excluding steroid dienone is 2. The minimum atomic E-state index is 1.18. The second-order valence-corrected chi connectivity index (χ2v) is 3.31. The molecule has 2 rings (SSSR count). The Labute approximate surface area is 67.6 Å². The standard InChI is InChI=1S/C11H12/c1-8(2)11-7-9-5-3-4-6-10(9)11/h3-6H,7H2,1-2H3. The smallest absolute Gasteiger partial charge is 0.00143 e. The first kappa shape index (κ1) is 6.66. The van der Waals surface area contributed by atoms with Gasteiger partial charge in [0.1, 0.15) is 0 Å². The van der Waals surface area contributed by atoms with Crippen molar-refractivity contribution in [2.24, 2.45) is 0 Å². The van der Waals surface area contributed by atoms with Crippen molar-refractivity contribution in [3.63, 3.8) is 0 Å². The topological polar surface area (TPSA) is 0 Å². The monoisotopic (exact) mass is 144 g/mol. The highest BCUT2D eigenvalue weighted by Gasteiger charge is 2.18. The van der Waals surface area contributed by atoms with Crippen LogP contribution in [0.5, 0.6) is 0 Å². The molecule has 11 heavy (non-hydrogen) atoms. The van der Waals surface area contributed by atoms with E-state index in [4.69, 9.17) is 0 Å². The lowest BCUT2D eigenvalue weighted by atomic mass is 9.81. The van der Waals surface area contributed by atoms with Crippen LogP contribution in [0.4, 0.5) is 0 Å². The molecule has 0 heterocycles. The molecule has 0 N–H and O–H groups in total. The summed E-state index contributed by atoms with van der Waals surface area (Å²) in [5.41, 5.74) is 5.97. The molecule has 1 aliphatic rings. The maximum absolute atomic E-state index is 2.21. The van der Waals surface area contributed by atoms with E-state index < -0.39 is 0 Å². The van der Waals surface area contributed by atoms with Crippen molar-refractivity contribution in [1.82, 2.24) is 0 Å². The molecule has 0 atom stereocenters. The summed E-state index contributed by atoms with van der Waals surface area (Å²) in [7, 11) is 0. The van der Waals surface area contributed by atoms with Crippen LogP contribution in [-0.4, -0.2) is 0 Å². The third-order valence-corrected chi connectivity index (χ3v) is 2.31. The summed E-state index contributed by atoms with van der Waals surface area (Å²) in [6.07, 6.45) is 1.18. The van der Waals surface area contributed by atoms with Gasteiger partial charge < -0.3 is 0 Å². The van der Waals surface area contributed by atoms with Crippen molar-refractivity contribution in [2.75, 3.05) is 0 Å². The second kappa shape index (κ2) is 2.23. The molecule has 0 spiro atoms. The van der Waals surface area contributed by atoms with E-state index in [1.54, 1.807) is 5.57 Å². The van der Waals surface area contributed by atoms with E-state index >= 15 is 0 Å². The summed E-state index contributed by atoms with van der Waals surface area (Å²) in [6.45, 7) is 4.37. The number of hydrogen-bond donors (Lipinski definition) is 0. The number of hydrogen-bond acceptors (Lipinski definition) is 0. The van der Waals surface area contributed by atoms with Crippen LogP contribution in [0.2, 0.25) is 0 Å². The predicted molar refractivity (Wildman–Crippen MR) is 48.4 cm³/mol. The van der Waals surface area contributed by atoms with E-state index in [1.807, 2.05) is 0 Å². The lowest BCUT2D eigenvalue weighted by Crippen LogP contribution is -2.07. The molecule has 0 unspecified atom stereocenters. The minimum Gasteiger partial charge on any atom is -0.0723 e. The van der Waals surface area contributed by atoms with Gasteiger partial charge in [-0.3, -0.25) is 0 Å². The van der Waals surface area contributed by atoms with Gasteiger partial charge in [0.25, 0.3) is 0 Å². The van der Waals surface area contributed by atoms with E-state index in [9.17, 15) is 0 Å². The molecule has 0 amide bonds. The summed E-state index contributed by atoms with van der Waals surface area (Å²) < 4.78 is 0. The van der Waals surface area contributed by atoms with Gasteiger partial charge in [-0.05, 0) is 37.0 Å². The van der Waals surface area contributed by atoms with Crippen LogP contribution in [0.1, 0.15) is 25.0 Å². The Morgan fingerprint density at radius 1 is 1.18 bits per heavy atom. The molecule has 0 aromatic heterocycles. The van der Waals surface area contributed by atoms with Gasteiger partial charge in [0, 0.05) is 0 Å². The molecular weight excluding hydrogens is 132 g/mol. The zero-order chi connectivity index (χ0) is 7.84. The summed E-state index contributed by atoms with van der Waals surface area (Å²) in [5, 5.41) is 0. The Morgan fingerprint density at radius 2 is 1.91 bits per heavy atom. The molecule has 0 bridgehead atoms. The molecule has 0 nitrogen and oxygen atoms in total. The molecule has 1 aliphatic carbocycles. The Balaban J connectivity index is 2.52. The lowest BCUT2D eigenvalue weighted by Gasteiger charge is -2.24. The molecule has 0 heteroatoms. The van der Waals surface area contributed by atoms with Crippen molar-refractivity contribution in [3.8, 4) is 0 Å². The van der Waals surface area contributed by atoms with Crippen LogP contribution in [0.15, 0.2) is 29.8 Å². The number of benzene rings is 1. The average molecular weight is 144 g/mol. The maximum Gasteiger partial charge on any atom is -0.00143 e. The predicted octanol–water partition coefficient (Wildman–Crippen LogP) is 3.04. The average Bonchev–Trinajstić information content (AvgIpc) is 1.90. The summed E-state index contributed by atoms with van der Waals surface area (Å²) in [4.78, 5) is 0. The van der Waals surface area contributed by atoms with E-state index in [0.29, 0.717) is 0 Å². The molecule has 1 aromatic rings. The molecular formula is C11H12. The first-order valence-electron chi connectivity index (χ1n) is 4.03. The summed E-state index contributed by atoms with van der Waals surface area (Å²) in [6, 6.07) is 8.64. The highest BCUT2D eigenvalue weighted by molar-refractivity contribution is 5.80. The fourth-order valence-electron chi connectivity index (χ4n) is 1.59. The zero-order valence-corrected chi connectivity index (χ0v) is 7.02. The van der Waals surface area contributed by atoms with Gasteiger partial charge in [0.2, 0.25) is 0 Å². The molecule has 0 radical (unpaired) electrons. The van der Waals surface area contributed by atoms with Crippen molar-refractivity contribution in [1.29, 1.82) is 0 Å². The van der Waals surface area contributed by atoms with Crippen molar-refractivity contribution >= 4 is 5.57 Å². The molecule has 0 saturated heterocycles. The number of rotatable bonds is 0. The molecule has 0 aliphatic heterocycles. The van der Waals surface area contributed by atoms with Gasteiger partial charge in [-0.15, -0.1) is 0 Å². The fraction of sp³-hybridized carbons (Fsp3) is 0.273. The highest BCUT2D eigenvalue weighted by Crippen LogP contribution is 2.35. The van der Waals surface area contributed by atoms with Crippen LogP contribution in [-0.2, 0) is 6.42 Å².